The molecule has 10 heteroatoms. The molecule has 1 aromatic carbocycles. The quantitative estimate of drug-likeness (QED) is 0.371. The maximum atomic E-state index is 13.1. The summed E-state index contributed by atoms with van der Waals surface area (Å²) in [6.07, 6.45) is 6.72. The highest BCUT2D eigenvalue weighted by molar-refractivity contribution is 7.11. The molecule has 0 unspecified atom stereocenters. The van der Waals surface area contributed by atoms with E-state index in [1.54, 1.807) is 62.0 Å². The number of amides is 1. The van der Waals surface area contributed by atoms with E-state index in [4.69, 9.17) is 4.74 Å². The van der Waals surface area contributed by atoms with Crippen molar-refractivity contribution in [3.8, 4) is 0 Å². The van der Waals surface area contributed by atoms with Gasteiger partial charge in [0.05, 0.1) is 25.3 Å². The Bertz CT molecular complexity index is 1470. The average Bonchev–Trinajstić information content (AvgIpc) is 2.90. The summed E-state index contributed by atoms with van der Waals surface area (Å²) in [5, 5.41) is 2.76. The molecule has 1 N–H and O–H groups in total. The topological polar surface area (TPSA) is 116 Å². The predicted molar refractivity (Wildman–Crippen MR) is 136 cm³/mol. The highest BCUT2D eigenvalue weighted by atomic mass is 32.1. The van der Waals surface area contributed by atoms with Gasteiger partial charge >= 0.3 is 5.97 Å². The highest BCUT2D eigenvalue weighted by Gasteiger charge is 2.13. The number of carbonyl (C=O) groups excluding carboxylic acids is 2. The molecule has 0 spiro atoms. The molecule has 0 aliphatic rings. The van der Waals surface area contributed by atoms with Gasteiger partial charge in [0, 0.05) is 36.5 Å². The third-order valence-corrected chi connectivity index (χ3v) is 6.07. The van der Waals surface area contributed by atoms with Crippen molar-refractivity contribution >= 4 is 28.9 Å². The third-order valence-electron chi connectivity index (χ3n) is 5.01. The van der Waals surface area contributed by atoms with E-state index in [-0.39, 0.29) is 23.6 Å². The van der Waals surface area contributed by atoms with Gasteiger partial charge in [-0.3, -0.25) is 29.1 Å². The molecular weight excluding hydrogens is 478 g/mol. The van der Waals surface area contributed by atoms with Crippen LogP contribution in [0.2, 0.25) is 0 Å². The number of esters is 1. The summed E-state index contributed by atoms with van der Waals surface area (Å²) < 4.78 is 6.49. The molecule has 0 saturated heterocycles. The second-order valence-electron chi connectivity index (χ2n) is 7.61. The number of nitrogens with one attached hydrogen (secondary N) is 1. The van der Waals surface area contributed by atoms with Gasteiger partial charge in [-0.05, 0) is 54.4 Å². The van der Waals surface area contributed by atoms with E-state index in [1.165, 1.54) is 10.6 Å². The van der Waals surface area contributed by atoms with Gasteiger partial charge in [0.1, 0.15) is 4.88 Å². The number of pyridine rings is 2. The van der Waals surface area contributed by atoms with Gasteiger partial charge in [-0.1, -0.05) is 23.5 Å². The number of aromatic nitrogens is 3. The second-order valence-corrected chi connectivity index (χ2v) is 8.62. The molecule has 3 heterocycles. The average molecular weight is 502 g/mol. The standard InChI is InChI=1S/C26H23N5O4S/c1-2-35-25(34)20-7-9-21(10-8-20)30-24(33)22-13-23(32)31(17-19-6-4-12-28-15-19)26(36-22)29-16-18-5-3-11-27-14-18/h3-15H,2,16-17H2,1H3,(H,30,33). The number of nitrogens with zero attached hydrogens (tertiary/aromatic N) is 4. The molecule has 0 fully saturated rings. The van der Waals surface area contributed by atoms with Gasteiger partial charge in [-0.25, -0.2) is 4.79 Å². The van der Waals surface area contributed by atoms with Crippen molar-refractivity contribution in [2.75, 3.05) is 11.9 Å². The lowest BCUT2D eigenvalue weighted by Gasteiger charge is -2.09. The van der Waals surface area contributed by atoms with E-state index in [0.29, 0.717) is 22.6 Å². The Kier molecular flexibility index (Phi) is 8.09. The third kappa shape index (κ3) is 6.36. The first-order valence-electron chi connectivity index (χ1n) is 11.2. The van der Waals surface area contributed by atoms with Crippen LogP contribution in [0.4, 0.5) is 5.69 Å². The van der Waals surface area contributed by atoms with Gasteiger partial charge in [0.15, 0.2) is 4.80 Å². The fourth-order valence-corrected chi connectivity index (χ4v) is 4.16. The van der Waals surface area contributed by atoms with Crippen molar-refractivity contribution in [2.45, 2.75) is 20.0 Å². The molecule has 4 aromatic rings. The summed E-state index contributed by atoms with van der Waals surface area (Å²) in [5.41, 5.74) is 2.22. The smallest absolute Gasteiger partial charge is 0.338 e. The SMILES string of the molecule is CCOC(=O)c1ccc(NC(=O)c2cc(=O)n(Cc3cccnc3)c(=NCc3cccnc3)s2)cc1. The second kappa shape index (κ2) is 11.8. The molecule has 0 bridgehead atoms. The Hall–Kier alpha value is -4.44. The fourth-order valence-electron chi connectivity index (χ4n) is 3.26. The molecule has 36 heavy (non-hydrogen) atoms. The Labute approximate surface area is 210 Å². The van der Waals surface area contributed by atoms with Crippen LogP contribution in [0, 0.1) is 0 Å². The Morgan fingerprint density at radius 2 is 1.72 bits per heavy atom. The van der Waals surface area contributed by atoms with Gasteiger partial charge < -0.3 is 10.1 Å². The van der Waals surface area contributed by atoms with E-state index >= 15 is 0 Å². The number of rotatable bonds is 8. The highest BCUT2D eigenvalue weighted by Crippen LogP contribution is 2.13. The van der Waals surface area contributed by atoms with E-state index in [1.807, 2.05) is 18.2 Å². The van der Waals surface area contributed by atoms with E-state index in [0.717, 1.165) is 22.5 Å². The minimum Gasteiger partial charge on any atom is -0.462 e. The maximum absolute atomic E-state index is 13.1. The van der Waals surface area contributed by atoms with Crippen molar-refractivity contribution in [3.63, 3.8) is 0 Å². The zero-order chi connectivity index (χ0) is 25.3. The molecular formula is C26H23N5O4S. The van der Waals surface area contributed by atoms with Crippen molar-refractivity contribution in [1.82, 2.24) is 14.5 Å². The Balaban J connectivity index is 1.63. The number of hydrogen-bond donors (Lipinski definition) is 1. The number of benzene rings is 1. The van der Waals surface area contributed by atoms with Crippen LogP contribution in [0.1, 0.15) is 38.1 Å². The van der Waals surface area contributed by atoms with Crippen LogP contribution in [-0.4, -0.2) is 33.0 Å². The van der Waals surface area contributed by atoms with Crippen LogP contribution >= 0.6 is 11.3 Å². The maximum Gasteiger partial charge on any atom is 0.338 e. The molecule has 9 nitrogen and oxygen atoms in total. The molecule has 0 atom stereocenters. The van der Waals surface area contributed by atoms with Crippen LogP contribution < -0.4 is 15.7 Å². The molecule has 0 radical (unpaired) electrons. The summed E-state index contributed by atoms with van der Waals surface area (Å²) >= 11 is 1.11. The molecule has 0 aliphatic carbocycles. The van der Waals surface area contributed by atoms with Crippen LogP contribution in [0.3, 0.4) is 0 Å². The molecule has 1 amide bonds. The van der Waals surface area contributed by atoms with Gasteiger partial charge in [-0.2, -0.15) is 0 Å². The minimum atomic E-state index is -0.452. The number of hydrogen-bond acceptors (Lipinski definition) is 8. The summed E-state index contributed by atoms with van der Waals surface area (Å²) in [4.78, 5) is 51.3. The normalized spacial score (nSPS) is 11.2. The molecule has 4 rings (SSSR count). The molecule has 0 aliphatic heterocycles. The first-order valence-corrected chi connectivity index (χ1v) is 12.0. The lowest BCUT2D eigenvalue weighted by molar-refractivity contribution is 0.0526. The molecule has 0 saturated carbocycles. The zero-order valence-corrected chi connectivity index (χ0v) is 20.3. The first-order chi connectivity index (χ1) is 17.5. The largest absolute Gasteiger partial charge is 0.462 e. The van der Waals surface area contributed by atoms with Gasteiger partial charge in [-0.15, -0.1) is 0 Å². The van der Waals surface area contributed by atoms with Crippen molar-refractivity contribution in [1.29, 1.82) is 0 Å². The Morgan fingerprint density at radius 3 is 2.36 bits per heavy atom. The zero-order valence-electron chi connectivity index (χ0n) is 19.5. The minimum absolute atomic E-state index is 0.210. The number of anilines is 1. The Morgan fingerprint density at radius 1 is 1.03 bits per heavy atom. The van der Waals surface area contributed by atoms with Gasteiger partial charge in [0.25, 0.3) is 11.5 Å². The van der Waals surface area contributed by atoms with E-state index in [9.17, 15) is 14.4 Å². The summed E-state index contributed by atoms with van der Waals surface area (Å²) in [7, 11) is 0. The van der Waals surface area contributed by atoms with Crippen LogP contribution in [0.15, 0.2) is 89.2 Å². The van der Waals surface area contributed by atoms with Crippen molar-refractivity contribution < 1.29 is 14.3 Å². The van der Waals surface area contributed by atoms with Crippen LogP contribution in [-0.2, 0) is 17.8 Å². The first kappa shape index (κ1) is 24.7. The lowest BCUT2D eigenvalue weighted by Crippen LogP contribution is -2.33. The van der Waals surface area contributed by atoms with E-state index < -0.39 is 11.9 Å². The van der Waals surface area contributed by atoms with Crippen LogP contribution in [0.5, 0.6) is 0 Å². The van der Waals surface area contributed by atoms with Crippen LogP contribution in [0.25, 0.3) is 0 Å². The molecule has 182 valence electrons. The van der Waals surface area contributed by atoms with E-state index in [2.05, 4.69) is 20.3 Å². The number of carbonyl (C=O) groups is 2. The van der Waals surface area contributed by atoms with Gasteiger partial charge in [0.2, 0.25) is 0 Å². The monoisotopic (exact) mass is 501 g/mol. The lowest BCUT2D eigenvalue weighted by atomic mass is 10.2. The summed E-state index contributed by atoms with van der Waals surface area (Å²) in [6, 6.07) is 15.0. The fraction of sp³-hybridized carbons (Fsp3) is 0.154. The predicted octanol–water partition coefficient (Wildman–Crippen LogP) is 3.28. The summed E-state index contributed by atoms with van der Waals surface area (Å²) in [6.45, 7) is 2.58. The molecule has 3 aromatic heterocycles. The van der Waals surface area contributed by atoms with Crippen molar-refractivity contribution in [2.24, 2.45) is 4.99 Å². The number of ether oxygens (including phenoxy) is 1. The van der Waals surface area contributed by atoms with Crippen molar-refractivity contribution in [3.05, 3.63) is 116 Å². The summed E-state index contributed by atoms with van der Waals surface area (Å²) in [5.74, 6) is -0.887.